The number of rotatable bonds is 3. The minimum atomic E-state index is -0.156. The zero-order valence-electron chi connectivity index (χ0n) is 12.4. The number of nitriles is 1. The normalized spacial score (nSPS) is 16.7. The fraction of sp³-hybridized carbons (Fsp3) is 0.250. The number of ether oxygens (including phenoxy) is 1. The van der Waals surface area contributed by atoms with Gasteiger partial charge in [-0.25, -0.2) is 0 Å². The van der Waals surface area contributed by atoms with E-state index < -0.39 is 0 Å². The number of aromatic nitrogens is 2. The van der Waals surface area contributed by atoms with E-state index in [1.807, 2.05) is 6.07 Å². The van der Waals surface area contributed by atoms with Crippen molar-refractivity contribution in [2.24, 2.45) is 5.73 Å². The Morgan fingerprint density at radius 1 is 1.39 bits per heavy atom. The van der Waals surface area contributed by atoms with Crippen molar-refractivity contribution in [3.05, 3.63) is 45.3 Å². The van der Waals surface area contributed by atoms with Crippen molar-refractivity contribution in [1.29, 1.82) is 5.26 Å². The highest BCUT2D eigenvalue weighted by Crippen LogP contribution is 2.44. The lowest BCUT2D eigenvalue weighted by atomic mass is 9.85. The second kappa shape index (κ2) is 6.15. The molecular formula is C16H14Cl2N4O. The molecule has 2 aromatic rings. The number of nitrogens with zero attached hydrogens (tertiary/aromatic N) is 2. The molecule has 0 radical (unpaired) electrons. The number of hydrogen-bond acceptors (Lipinski definition) is 4. The summed E-state index contributed by atoms with van der Waals surface area (Å²) in [7, 11) is 0. The second-order valence-electron chi connectivity index (χ2n) is 5.28. The van der Waals surface area contributed by atoms with E-state index in [2.05, 4.69) is 23.2 Å². The monoisotopic (exact) mass is 348 g/mol. The first kappa shape index (κ1) is 15.7. The molecule has 1 aromatic heterocycles. The summed E-state index contributed by atoms with van der Waals surface area (Å²) in [5, 5.41) is 17.5. The van der Waals surface area contributed by atoms with Crippen LogP contribution in [0.5, 0.6) is 5.88 Å². The lowest BCUT2D eigenvalue weighted by Crippen LogP contribution is -2.20. The van der Waals surface area contributed by atoms with E-state index in [-0.39, 0.29) is 11.8 Å². The Hall–Kier alpha value is -2.16. The molecule has 0 saturated heterocycles. The summed E-state index contributed by atoms with van der Waals surface area (Å²) in [5.41, 5.74) is 8.71. The molecular weight excluding hydrogens is 335 g/mol. The van der Waals surface area contributed by atoms with E-state index in [4.69, 9.17) is 33.7 Å². The fourth-order valence-electron chi connectivity index (χ4n) is 2.79. The van der Waals surface area contributed by atoms with E-state index in [9.17, 15) is 5.26 Å². The van der Waals surface area contributed by atoms with E-state index in [1.54, 1.807) is 12.1 Å². The van der Waals surface area contributed by atoms with E-state index in [1.165, 1.54) is 0 Å². The van der Waals surface area contributed by atoms with Crippen LogP contribution in [0.25, 0.3) is 11.3 Å². The fourth-order valence-corrected chi connectivity index (χ4v) is 3.09. The third-order valence-electron chi connectivity index (χ3n) is 3.84. The maximum atomic E-state index is 9.43. The Labute approximate surface area is 143 Å². The van der Waals surface area contributed by atoms with Gasteiger partial charge in [0.25, 0.3) is 0 Å². The zero-order valence-corrected chi connectivity index (χ0v) is 13.9. The van der Waals surface area contributed by atoms with Gasteiger partial charge in [-0.15, -0.1) is 5.10 Å². The van der Waals surface area contributed by atoms with Crippen molar-refractivity contribution in [2.75, 3.05) is 0 Å². The van der Waals surface area contributed by atoms with E-state index >= 15 is 0 Å². The summed E-state index contributed by atoms with van der Waals surface area (Å²) in [6.07, 6.45) is 1.67. The van der Waals surface area contributed by atoms with Gasteiger partial charge in [-0.3, -0.25) is 5.10 Å². The number of fused-ring (bicyclic) bond motifs is 1. The highest BCUT2D eigenvalue weighted by Gasteiger charge is 2.33. The van der Waals surface area contributed by atoms with Crippen LogP contribution in [-0.2, 0) is 0 Å². The molecule has 0 amide bonds. The molecule has 1 atom stereocenters. The number of nitrogens with one attached hydrogen (secondary N) is 1. The third kappa shape index (κ3) is 2.65. The largest absolute Gasteiger partial charge is 0.420 e. The maximum absolute atomic E-state index is 9.43. The molecule has 1 aliphatic rings. The van der Waals surface area contributed by atoms with E-state index in [0.717, 1.165) is 29.7 Å². The lowest BCUT2D eigenvalue weighted by molar-refractivity contribution is 0.371. The summed E-state index contributed by atoms with van der Waals surface area (Å²) < 4.78 is 5.50. The van der Waals surface area contributed by atoms with Crippen molar-refractivity contribution < 1.29 is 4.74 Å². The Morgan fingerprint density at radius 3 is 2.83 bits per heavy atom. The highest BCUT2D eigenvalue weighted by molar-refractivity contribution is 6.42. The summed E-state index contributed by atoms with van der Waals surface area (Å²) in [5.74, 6) is 0.364. The van der Waals surface area contributed by atoms with Crippen LogP contribution in [0.3, 0.4) is 0 Å². The third-order valence-corrected chi connectivity index (χ3v) is 4.58. The summed E-state index contributed by atoms with van der Waals surface area (Å²) >= 11 is 12.1. The predicted octanol–water partition coefficient (Wildman–Crippen LogP) is 4.35. The van der Waals surface area contributed by atoms with Gasteiger partial charge >= 0.3 is 0 Å². The first-order valence-corrected chi connectivity index (χ1v) is 7.93. The summed E-state index contributed by atoms with van der Waals surface area (Å²) in [6, 6.07) is 7.49. The van der Waals surface area contributed by atoms with Crippen molar-refractivity contribution in [1.82, 2.24) is 10.2 Å². The topological polar surface area (TPSA) is 87.7 Å². The molecule has 3 N–H and O–H groups in total. The summed E-state index contributed by atoms with van der Waals surface area (Å²) in [6.45, 7) is 2.05. The van der Waals surface area contributed by atoms with Gasteiger partial charge in [0, 0.05) is 11.5 Å². The van der Waals surface area contributed by atoms with Crippen LogP contribution in [0.2, 0.25) is 10.0 Å². The molecule has 0 saturated carbocycles. The minimum absolute atomic E-state index is 0.116. The molecule has 3 rings (SSSR count). The number of aromatic amines is 1. The number of hydrogen-bond donors (Lipinski definition) is 2. The number of H-pyrrole nitrogens is 1. The minimum Gasteiger partial charge on any atom is -0.420 e. The predicted molar refractivity (Wildman–Crippen MR) is 89.1 cm³/mol. The average molecular weight is 349 g/mol. The van der Waals surface area contributed by atoms with Crippen molar-refractivity contribution in [3.8, 4) is 23.2 Å². The van der Waals surface area contributed by atoms with Crippen LogP contribution in [0.1, 0.15) is 31.2 Å². The van der Waals surface area contributed by atoms with Crippen LogP contribution in [0.4, 0.5) is 0 Å². The van der Waals surface area contributed by atoms with E-state index in [0.29, 0.717) is 21.5 Å². The Kier molecular flexibility index (Phi) is 4.20. The molecule has 1 aliphatic heterocycles. The van der Waals surface area contributed by atoms with Crippen molar-refractivity contribution in [3.63, 3.8) is 0 Å². The van der Waals surface area contributed by atoms with Gasteiger partial charge in [0.15, 0.2) is 0 Å². The van der Waals surface area contributed by atoms with Gasteiger partial charge in [-0.2, -0.15) is 5.26 Å². The van der Waals surface area contributed by atoms with Crippen molar-refractivity contribution in [2.45, 2.75) is 25.7 Å². The van der Waals surface area contributed by atoms with Crippen LogP contribution in [-0.4, -0.2) is 10.2 Å². The second-order valence-corrected chi connectivity index (χ2v) is 6.09. The molecule has 0 bridgehead atoms. The number of allylic oxidation sites excluding steroid dienone is 1. The number of halogens is 2. The molecule has 7 heteroatoms. The molecule has 23 heavy (non-hydrogen) atoms. The van der Waals surface area contributed by atoms with Gasteiger partial charge < -0.3 is 10.5 Å². The first-order chi connectivity index (χ1) is 11.1. The molecule has 118 valence electrons. The molecule has 2 heterocycles. The Bertz CT molecular complexity index is 835. The van der Waals surface area contributed by atoms with Gasteiger partial charge in [-0.1, -0.05) is 42.6 Å². The summed E-state index contributed by atoms with van der Waals surface area (Å²) in [4.78, 5) is 0. The molecule has 5 nitrogen and oxygen atoms in total. The quantitative estimate of drug-likeness (QED) is 0.862. The average Bonchev–Trinajstić information content (AvgIpc) is 2.94. The van der Waals surface area contributed by atoms with Crippen LogP contribution in [0.15, 0.2) is 29.7 Å². The van der Waals surface area contributed by atoms with Gasteiger partial charge in [0.2, 0.25) is 11.8 Å². The smallest absolute Gasteiger partial charge is 0.244 e. The molecule has 0 spiro atoms. The highest BCUT2D eigenvalue weighted by atomic mass is 35.5. The number of nitrogens with two attached hydrogens (primary N) is 1. The SMILES string of the molecule is CCCC1C(C#N)=C(N)Oc2n[nH]c(-c3ccc(Cl)c(Cl)c3)c21. The standard InChI is InChI=1S/C16H14Cl2N4O/c1-2-3-9-10(7-19)15(20)23-16-13(9)14(21-22-16)8-4-5-11(17)12(18)6-8/h4-6,9H,2-3,20H2,1H3,(H,21,22). The Morgan fingerprint density at radius 2 is 2.17 bits per heavy atom. The Balaban J connectivity index is 2.15. The van der Waals surface area contributed by atoms with Crippen LogP contribution in [0, 0.1) is 11.3 Å². The zero-order chi connectivity index (χ0) is 16.6. The van der Waals surface area contributed by atoms with Crippen molar-refractivity contribution >= 4 is 23.2 Å². The van der Waals surface area contributed by atoms with Gasteiger partial charge in [0.1, 0.15) is 6.07 Å². The van der Waals surface area contributed by atoms with Gasteiger partial charge in [-0.05, 0) is 18.6 Å². The first-order valence-electron chi connectivity index (χ1n) is 7.18. The van der Waals surface area contributed by atoms with Gasteiger partial charge in [0.05, 0.1) is 26.9 Å². The molecule has 1 aromatic carbocycles. The lowest BCUT2D eigenvalue weighted by Gasteiger charge is -2.23. The molecule has 0 aliphatic carbocycles. The molecule has 0 fully saturated rings. The number of benzene rings is 1. The molecule has 1 unspecified atom stereocenters. The maximum Gasteiger partial charge on any atom is 0.244 e. The van der Waals surface area contributed by atoms with Crippen LogP contribution < -0.4 is 10.5 Å². The van der Waals surface area contributed by atoms with Crippen LogP contribution >= 0.6 is 23.2 Å².